The molecule has 6 heteroatoms. The van der Waals surface area contributed by atoms with Crippen molar-refractivity contribution in [3.63, 3.8) is 0 Å². The Hall–Kier alpha value is -2.24. The molecule has 0 aliphatic heterocycles. The second-order valence-electron chi connectivity index (χ2n) is 6.30. The average Bonchev–Trinajstić information content (AvgIpc) is 2.41. The Balaban J connectivity index is 2.06. The fraction of sp³-hybridized carbons (Fsp3) is 0.467. The molecular weight excluding hydrogens is 268 g/mol. The van der Waals surface area contributed by atoms with Gasteiger partial charge in [-0.05, 0) is 24.0 Å². The third-order valence-corrected chi connectivity index (χ3v) is 3.08. The summed E-state index contributed by atoms with van der Waals surface area (Å²) in [5, 5.41) is 20.3. The summed E-state index contributed by atoms with van der Waals surface area (Å²) in [7, 11) is 0. The number of nitrogens with zero attached hydrogens (tertiary/aromatic N) is 3. The van der Waals surface area contributed by atoms with Crippen molar-refractivity contribution in [2.75, 3.05) is 11.9 Å². The van der Waals surface area contributed by atoms with Gasteiger partial charge in [-0.25, -0.2) is 4.98 Å². The molecule has 0 saturated carbocycles. The maximum absolute atomic E-state index is 11.3. The first-order valence-electron chi connectivity index (χ1n) is 6.91. The number of aliphatic carboxylic acids is 1. The Morgan fingerprint density at radius 2 is 1.90 bits per heavy atom. The van der Waals surface area contributed by atoms with E-state index in [0.717, 1.165) is 5.52 Å². The van der Waals surface area contributed by atoms with Gasteiger partial charge in [0.2, 0.25) is 5.95 Å². The maximum atomic E-state index is 11.3. The van der Waals surface area contributed by atoms with Crippen LogP contribution < -0.4 is 5.32 Å². The van der Waals surface area contributed by atoms with E-state index >= 15 is 0 Å². The molecule has 0 aliphatic rings. The molecule has 1 unspecified atom stereocenters. The highest BCUT2D eigenvalue weighted by Gasteiger charge is 2.24. The van der Waals surface area contributed by atoms with Gasteiger partial charge in [0.1, 0.15) is 5.52 Å². The highest BCUT2D eigenvalue weighted by Crippen LogP contribution is 2.24. The van der Waals surface area contributed by atoms with Gasteiger partial charge in [-0.1, -0.05) is 32.9 Å². The van der Waals surface area contributed by atoms with E-state index in [2.05, 4.69) is 20.5 Å². The van der Waals surface area contributed by atoms with E-state index in [9.17, 15) is 9.90 Å². The van der Waals surface area contributed by atoms with Crippen LogP contribution in [-0.2, 0) is 4.79 Å². The number of carbonyl (C=O) groups is 1. The Labute approximate surface area is 123 Å². The molecule has 2 aromatic rings. The minimum atomic E-state index is -0.814. The summed E-state index contributed by atoms with van der Waals surface area (Å²) >= 11 is 0. The fourth-order valence-electron chi connectivity index (χ4n) is 2.16. The molecule has 0 saturated heterocycles. The molecule has 0 fully saturated rings. The highest BCUT2D eigenvalue weighted by molar-refractivity contribution is 5.74. The zero-order valence-corrected chi connectivity index (χ0v) is 12.5. The first-order chi connectivity index (χ1) is 9.85. The van der Waals surface area contributed by atoms with Crippen molar-refractivity contribution in [1.82, 2.24) is 15.2 Å². The summed E-state index contributed by atoms with van der Waals surface area (Å²) in [6.07, 6.45) is 0.580. The summed E-state index contributed by atoms with van der Waals surface area (Å²) in [6.45, 7) is 6.36. The molecule has 1 atom stereocenters. The number of nitrogens with one attached hydrogen (secondary N) is 1. The third kappa shape index (κ3) is 4.37. The van der Waals surface area contributed by atoms with Crippen molar-refractivity contribution < 1.29 is 9.90 Å². The lowest BCUT2D eigenvalue weighted by Gasteiger charge is -2.23. The van der Waals surface area contributed by atoms with Gasteiger partial charge in [-0.3, -0.25) is 4.79 Å². The predicted octanol–water partition coefficient (Wildman–Crippen LogP) is 2.57. The Kier molecular flexibility index (Phi) is 4.35. The van der Waals surface area contributed by atoms with Gasteiger partial charge in [0, 0.05) is 6.54 Å². The number of anilines is 1. The first kappa shape index (κ1) is 15.2. The van der Waals surface area contributed by atoms with Crippen molar-refractivity contribution in [3.8, 4) is 0 Å². The predicted molar refractivity (Wildman–Crippen MR) is 81.0 cm³/mol. The van der Waals surface area contributed by atoms with E-state index in [1.165, 1.54) is 0 Å². The summed E-state index contributed by atoms with van der Waals surface area (Å²) in [5.74, 6) is -0.944. The Morgan fingerprint density at radius 1 is 1.24 bits per heavy atom. The van der Waals surface area contributed by atoms with E-state index in [0.29, 0.717) is 17.9 Å². The highest BCUT2D eigenvalue weighted by atomic mass is 16.4. The monoisotopic (exact) mass is 288 g/mol. The van der Waals surface area contributed by atoms with Crippen molar-refractivity contribution in [1.29, 1.82) is 0 Å². The number of hydrogen-bond donors (Lipinski definition) is 2. The van der Waals surface area contributed by atoms with Crippen LogP contribution in [0.25, 0.3) is 11.0 Å². The normalized spacial score (nSPS) is 13.1. The minimum Gasteiger partial charge on any atom is -0.481 e. The molecule has 0 bridgehead atoms. The van der Waals surface area contributed by atoms with Gasteiger partial charge in [-0.2, -0.15) is 0 Å². The number of aromatic nitrogens is 3. The molecule has 0 amide bonds. The van der Waals surface area contributed by atoms with Gasteiger partial charge in [0.15, 0.2) is 0 Å². The van der Waals surface area contributed by atoms with Gasteiger partial charge < -0.3 is 10.4 Å². The van der Waals surface area contributed by atoms with Crippen LogP contribution in [0, 0.1) is 11.3 Å². The molecule has 112 valence electrons. The molecular formula is C15H20N4O2. The lowest BCUT2D eigenvalue weighted by atomic mass is 9.84. The maximum Gasteiger partial charge on any atom is 0.308 e. The van der Waals surface area contributed by atoms with E-state index in [-0.39, 0.29) is 12.0 Å². The summed E-state index contributed by atoms with van der Waals surface area (Å²) in [6, 6.07) is 7.42. The molecule has 21 heavy (non-hydrogen) atoms. The molecule has 2 N–H and O–H groups in total. The molecule has 1 aromatic heterocycles. The second-order valence-corrected chi connectivity index (χ2v) is 6.30. The van der Waals surface area contributed by atoms with Crippen LogP contribution in [0.2, 0.25) is 0 Å². The van der Waals surface area contributed by atoms with Gasteiger partial charge in [-0.15, -0.1) is 10.2 Å². The van der Waals surface area contributed by atoms with E-state index in [1.807, 2.05) is 45.0 Å². The van der Waals surface area contributed by atoms with Crippen LogP contribution in [0.5, 0.6) is 0 Å². The minimum absolute atomic E-state index is 0.0484. The van der Waals surface area contributed by atoms with Crippen LogP contribution in [0.1, 0.15) is 27.2 Å². The van der Waals surface area contributed by atoms with Crippen molar-refractivity contribution in [3.05, 3.63) is 24.3 Å². The van der Waals surface area contributed by atoms with Crippen LogP contribution >= 0.6 is 0 Å². The summed E-state index contributed by atoms with van der Waals surface area (Å²) < 4.78 is 0. The van der Waals surface area contributed by atoms with Crippen molar-refractivity contribution in [2.24, 2.45) is 11.3 Å². The SMILES string of the molecule is CC(C)(C)CC(CNc1nnc2ccccc2n1)C(=O)O. The number of rotatable bonds is 5. The number of fused-ring (bicyclic) bond motifs is 1. The fourth-order valence-corrected chi connectivity index (χ4v) is 2.16. The van der Waals surface area contributed by atoms with E-state index in [4.69, 9.17) is 0 Å². The number of para-hydroxylation sites is 1. The molecule has 0 radical (unpaired) electrons. The molecule has 2 rings (SSSR count). The molecule has 0 spiro atoms. The number of benzene rings is 1. The van der Waals surface area contributed by atoms with E-state index in [1.54, 1.807) is 0 Å². The molecule has 6 nitrogen and oxygen atoms in total. The van der Waals surface area contributed by atoms with E-state index < -0.39 is 11.9 Å². The second kappa shape index (κ2) is 6.03. The summed E-state index contributed by atoms with van der Waals surface area (Å²) in [4.78, 5) is 15.6. The standard InChI is InChI=1S/C15H20N4O2/c1-15(2,3)8-10(13(20)21)9-16-14-17-11-6-4-5-7-12(11)18-19-14/h4-7,10H,8-9H2,1-3H3,(H,20,21)(H,16,17,19). The number of hydrogen-bond acceptors (Lipinski definition) is 5. The largest absolute Gasteiger partial charge is 0.481 e. The topological polar surface area (TPSA) is 88.0 Å². The van der Waals surface area contributed by atoms with Gasteiger partial charge in [0.25, 0.3) is 0 Å². The van der Waals surface area contributed by atoms with Crippen LogP contribution in [0.15, 0.2) is 24.3 Å². The van der Waals surface area contributed by atoms with Crippen LogP contribution in [0.4, 0.5) is 5.95 Å². The smallest absolute Gasteiger partial charge is 0.308 e. The van der Waals surface area contributed by atoms with Crippen molar-refractivity contribution >= 4 is 23.0 Å². The Morgan fingerprint density at radius 3 is 2.52 bits per heavy atom. The number of carboxylic acids is 1. The zero-order valence-electron chi connectivity index (χ0n) is 12.5. The van der Waals surface area contributed by atoms with Gasteiger partial charge in [0.05, 0.1) is 11.4 Å². The first-order valence-corrected chi connectivity index (χ1v) is 6.91. The molecule has 1 heterocycles. The average molecular weight is 288 g/mol. The lowest BCUT2D eigenvalue weighted by Crippen LogP contribution is -2.28. The number of carboxylic acid groups (broad SMARTS) is 1. The molecule has 1 aromatic carbocycles. The van der Waals surface area contributed by atoms with Crippen LogP contribution in [0.3, 0.4) is 0 Å². The Bertz CT molecular complexity index is 637. The van der Waals surface area contributed by atoms with Crippen molar-refractivity contribution in [2.45, 2.75) is 27.2 Å². The zero-order chi connectivity index (χ0) is 15.5. The third-order valence-electron chi connectivity index (χ3n) is 3.08. The lowest BCUT2D eigenvalue weighted by molar-refractivity contribution is -0.142. The summed E-state index contributed by atoms with van der Waals surface area (Å²) in [5.41, 5.74) is 1.40. The van der Waals surface area contributed by atoms with Crippen LogP contribution in [-0.4, -0.2) is 32.8 Å². The quantitative estimate of drug-likeness (QED) is 0.879. The molecule has 0 aliphatic carbocycles. The van der Waals surface area contributed by atoms with Gasteiger partial charge >= 0.3 is 5.97 Å².